The van der Waals surface area contributed by atoms with Crippen LogP contribution < -0.4 is 24.4 Å². The number of allylic oxidation sites excluding steroid dienone is 2. The van der Waals surface area contributed by atoms with Crippen molar-refractivity contribution in [2.45, 2.75) is 19.9 Å². The lowest BCUT2D eigenvalue weighted by atomic mass is 9.92. The van der Waals surface area contributed by atoms with Gasteiger partial charge in [0.2, 0.25) is 0 Å². The minimum Gasteiger partial charge on any atom is -0.497 e. The van der Waals surface area contributed by atoms with Crippen molar-refractivity contribution in [3.05, 3.63) is 94.7 Å². The lowest BCUT2D eigenvalue weighted by Gasteiger charge is -2.26. The van der Waals surface area contributed by atoms with Crippen LogP contribution in [0.4, 0.5) is 5.69 Å². The molecule has 2 aromatic carbocycles. The lowest BCUT2D eigenvalue weighted by Crippen LogP contribution is -2.39. The molecule has 9 nitrogen and oxygen atoms in total. The summed E-state index contributed by atoms with van der Waals surface area (Å²) in [5, 5.41) is 10.9. The molecule has 0 radical (unpaired) electrons. The van der Waals surface area contributed by atoms with E-state index in [0.29, 0.717) is 43.2 Å². The average Bonchev–Trinajstić information content (AvgIpc) is 3.12. The highest BCUT2D eigenvalue weighted by molar-refractivity contribution is 7.07. The first-order chi connectivity index (χ1) is 16.2. The Hall–Kier alpha value is -4.05. The number of thiazole rings is 1. The van der Waals surface area contributed by atoms with Crippen molar-refractivity contribution in [3.63, 3.8) is 0 Å². The van der Waals surface area contributed by atoms with E-state index in [-0.39, 0.29) is 17.0 Å². The van der Waals surface area contributed by atoms with E-state index < -0.39 is 11.0 Å². The lowest BCUT2D eigenvalue weighted by molar-refractivity contribution is -0.384. The molecule has 1 unspecified atom stereocenters. The normalized spacial score (nSPS) is 15.5. The smallest absolute Gasteiger partial charge is 0.271 e. The fraction of sp³-hybridized carbons (Fsp3) is 0.208. The number of nitro benzene ring substituents is 1. The van der Waals surface area contributed by atoms with E-state index in [1.165, 1.54) is 42.1 Å². The maximum absolute atomic E-state index is 13.5. The number of non-ortho nitro benzene ring substituents is 1. The zero-order valence-corrected chi connectivity index (χ0v) is 19.7. The van der Waals surface area contributed by atoms with Gasteiger partial charge in [0.25, 0.3) is 11.2 Å². The van der Waals surface area contributed by atoms with Crippen LogP contribution in [0.3, 0.4) is 0 Å². The molecular formula is C24H21N3O6S. The van der Waals surface area contributed by atoms with Crippen LogP contribution in [-0.2, 0) is 4.79 Å². The molecule has 1 atom stereocenters. The van der Waals surface area contributed by atoms with E-state index in [1.807, 2.05) is 0 Å². The largest absolute Gasteiger partial charge is 0.497 e. The number of fused-ring (bicyclic) bond motifs is 1. The third-order valence-electron chi connectivity index (χ3n) is 5.54. The van der Waals surface area contributed by atoms with Gasteiger partial charge in [-0.15, -0.1) is 0 Å². The van der Waals surface area contributed by atoms with Gasteiger partial charge < -0.3 is 9.47 Å². The van der Waals surface area contributed by atoms with Gasteiger partial charge in [-0.25, -0.2) is 4.99 Å². The second-order valence-corrected chi connectivity index (χ2v) is 8.60. The van der Waals surface area contributed by atoms with Crippen LogP contribution in [0.5, 0.6) is 11.5 Å². The first-order valence-electron chi connectivity index (χ1n) is 10.2. The molecule has 0 fully saturated rings. The van der Waals surface area contributed by atoms with Crippen molar-refractivity contribution in [1.29, 1.82) is 0 Å². The molecule has 10 heteroatoms. The molecule has 0 amide bonds. The summed E-state index contributed by atoms with van der Waals surface area (Å²) in [4.78, 5) is 41.6. The summed E-state index contributed by atoms with van der Waals surface area (Å²) in [5.74, 6) is 0.854. The van der Waals surface area contributed by atoms with Crippen LogP contribution in [0.15, 0.2) is 63.5 Å². The molecule has 1 aromatic heterocycles. The number of hydrogen-bond acceptors (Lipinski definition) is 8. The highest BCUT2D eigenvalue weighted by Crippen LogP contribution is 2.37. The van der Waals surface area contributed by atoms with E-state index >= 15 is 0 Å². The number of ether oxygens (including phenoxy) is 2. The van der Waals surface area contributed by atoms with Gasteiger partial charge in [0, 0.05) is 35.0 Å². The fourth-order valence-corrected chi connectivity index (χ4v) is 5.00. The minimum atomic E-state index is -0.728. The van der Waals surface area contributed by atoms with Gasteiger partial charge in [0.05, 0.1) is 29.7 Å². The van der Waals surface area contributed by atoms with Crippen molar-refractivity contribution in [2.24, 2.45) is 4.99 Å². The summed E-state index contributed by atoms with van der Waals surface area (Å²) in [7, 11) is 3.06. The zero-order valence-electron chi connectivity index (χ0n) is 18.9. The third kappa shape index (κ3) is 4.03. The summed E-state index contributed by atoms with van der Waals surface area (Å²) in [6, 6.07) is 10.4. The molecule has 4 rings (SSSR count). The number of aromatic nitrogens is 1. The maximum Gasteiger partial charge on any atom is 0.271 e. The Kier molecular flexibility index (Phi) is 6.16. The molecule has 1 aliphatic rings. The van der Waals surface area contributed by atoms with E-state index in [1.54, 1.807) is 50.4 Å². The van der Waals surface area contributed by atoms with Gasteiger partial charge in [-0.1, -0.05) is 11.3 Å². The van der Waals surface area contributed by atoms with Crippen molar-refractivity contribution in [3.8, 4) is 11.5 Å². The predicted molar refractivity (Wildman–Crippen MR) is 127 cm³/mol. The number of hydrogen-bond donors (Lipinski definition) is 0. The molecule has 0 N–H and O–H groups in total. The second kappa shape index (κ2) is 9.06. The van der Waals surface area contributed by atoms with Gasteiger partial charge in [-0.2, -0.15) is 0 Å². The van der Waals surface area contributed by atoms with E-state index in [2.05, 4.69) is 4.99 Å². The van der Waals surface area contributed by atoms with Gasteiger partial charge in [0.1, 0.15) is 11.5 Å². The van der Waals surface area contributed by atoms with Gasteiger partial charge >= 0.3 is 0 Å². The topological polar surface area (TPSA) is 113 Å². The van der Waals surface area contributed by atoms with E-state index in [4.69, 9.17) is 9.47 Å². The number of carbonyl (C=O) groups is 1. The maximum atomic E-state index is 13.5. The molecule has 0 spiro atoms. The van der Waals surface area contributed by atoms with Crippen LogP contribution in [0, 0.1) is 10.1 Å². The Bertz CT molecular complexity index is 1520. The Balaban J connectivity index is 1.95. The highest BCUT2D eigenvalue weighted by Gasteiger charge is 2.32. The molecule has 0 bridgehead atoms. The Labute approximate surface area is 198 Å². The molecule has 34 heavy (non-hydrogen) atoms. The first kappa shape index (κ1) is 23.1. The third-order valence-corrected chi connectivity index (χ3v) is 6.52. The number of benzene rings is 2. The van der Waals surface area contributed by atoms with Crippen LogP contribution in [0.1, 0.15) is 31.0 Å². The number of ketones is 1. The molecule has 1 aliphatic heterocycles. The van der Waals surface area contributed by atoms with Crippen LogP contribution in [0.25, 0.3) is 6.08 Å². The molecule has 0 aliphatic carbocycles. The number of rotatable bonds is 6. The summed E-state index contributed by atoms with van der Waals surface area (Å²) in [5.41, 5.74) is 1.84. The highest BCUT2D eigenvalue weighted by atomic mass is 32.1. The molecule has 174 valence electrons. The van der Waals surface area contributed by atoms with Crippen LogP contribution in [-0.4, -0.2) is 29.5 Å². The summed E-state index contributed by atoms with van der Waals surface area (Å²) in [6.45, 7) is 3.19. The Morgan fingerprint density at radius 1 is 1.18 bits per heavy atom. The quantitative estimate of drug-likeness (QED) is 0.397. The standard InChI is InChI=1S/C24H21N3O6S/c1-13-21(14(2)28)22(18-10-9-17(32-3)12-19(18)33-4)26-23(29)20(34-24(26)25-13)11-15-5-7-16(8-6-15)27(30)31/h5-12,22H,1-4H3/b20-11-. The molecule has 0 saturated heterocycles. The Morgan fingerprint density at radius 2 is 1.88 bits per heavy atom. The molecule has 0 saturated carbocycles. The SMILES string of the molecule is COc1ccc(C2C(C(C)=O)=C(C)N=c3s/c(=C\c4ccc([N+](=O)[O-])cc4)c(=O)n32)c(OC)c1. The average molecular weight is 480 g/mol. The van der Waals surface area contributed by atoms with Gasteiger partial charge in [0.15, 0.2) is 10.6 Å². The molecular weight excluding hydrogens is 458 g/mol. The predicted octanol–water partition coefficient (Wildman–Crippen LogP) is 2.75. The van der Waals surface area contributed by atoms with E-state index in [0.717, 1.165) is 0 Å². The number of methoxy groups -OCH3 is 2. The number of nitrogens with zero attached hydrogens (tertiary/aromatic N) is 3. The molecule has 3 aromatic rings. The molecule has 2 heterocycles. The van der Waals surface area contributed by atoms with Crippen LogP contribution in [0.2, 0.25) is 0 Å². The second-order valence-electron chi connectivity index (χ2n) is 7.59. The summed E-state index contributed by atoms with van der Waals surface area (Å²) in [6.07, 6.45) is 1.66. The summed E-state index contributed by atoms with van der Waals surface area (Å²) < 4.78 is 12.8. The van der Waals surface area contributed by atoms with E-state index in [9.17, 15) is 19.7 Å². The van der Waals surface area contributed by atoms with Gasteiger partial charge in [-0.05, 0) is 49.8 Å². The van der Waals surface area contributed by atoms with Crippen molar-refractivity contribution >= 4 is 28.9 Å². The Morgan fingerprint density at radius 3 is 2.47 bits per heavy atom. The minimum absolute atomic E-state index is 0.0352. The number of Topliss-reactive ketones (excluding diaryl/α,β-unsaturated/α-hetero) is 1. The number of carbonyl (C=O) groups excluding carboxylic acids is 1. The van der Waals surface area contributed by atoms with Gasteiger partial charge in [-0.3, -0.25) is 24.3 Å². The van der Waals surface area contributed by atoms with Crippen molar-refractivity contribution in [2.75, 3.05) is 14.2 Å². The summed E-state index contributed by atoms with van der Waals surface area (Å²) >= 11 is 1.19. The fourth-order valence-electron chi connectivity index (χ4n) is 3.95. The first-order valence-corrected chi connectivity index (χ1v) is 11.1. The monoisotopic (exact) mass is 479 g/mol. The zero-order chi connectivity index (χ0) is 24.6. The number of nitro groups is 1. The van der Waals surface area contributed by atoms with Crippen molar-refractivity contribution in [1.82, 2.24) is 4.57 Å². The van der Waals surface area contributed by atoms with Crippen molar-refractivity contribution < 1.29 is 19.2 Å². The van der Waals surface area contributed by atoms with Crippen LogP contribution >= 0.6 is 11.3 Å².